The molecule has 0 heterocycles. The summed E-state index contributed by atoms with van der Waals surface area (Å²) in [6.45, 7) is 6.48. The van der Waals surface area contributed by atoms with Gasteiger partial charge in [0, 0.05) is 19.3 Å². The molecule has 1 atom stereocenters. The largest absolute Gasteiger partial charge is 0.462 e. The van der Waals surface area contributed by atoms with Crippen molar-refractivity contribution in [3.8, 4) is 0 Å². The molecule has 0 aromatic rings. The van der Waals surface area contributed by atoms with Crippen molar-refractivity contribution in [3.63, 3.8) is 0 Å². The highest BCUT2D eigenvalue weighted by atomic mass is 16.6. The zero-order valence-corrected chi connectivity index (χ0v) is 41.1. The van der Waals surface area contributed by atoms with Gasteiger partial charge < -0.3 is 14.2 Å². The van der Waals surface area contributed by atoms with Gasteiger partial charge >= 0.3 is 17.9 Å². The smallest absolute Gasteiger partial charge is 0.306 e. The maximum atomic E-state index is 12.8. The number of ether oxygens (including phenoxy) is 3. The van der Waals surface area contributed by atoms with Crippen molar-refractivity contribution < 1.29 is 28.6 Å². The molecule has 6 nitrogen and oxygen atoms in total. The molecule has 0 saturated carbocycles. The Kier molecular flexibility index (Phi) is 48.5. The van der Waals surface area contributed by atoms with E-state index in [9.17, 15) is 14.4 Å². The zero-order chi connectivity index (χ0) is 45.8. The fourth-order valence-corrected chi connectivity index (χ4v) is 6.86. The molecule has 0 unspecified atom stereocenters. The molecular formula is C57H96O6. The van der Waals surface area contributed by atoms with Gasteiger partial charge in [-0.2, -0.15) is 0 Å². The molecule has 0 amide bonds. The molecule has 0 rings (SSSR count). The number of allylic oxidation sites excluding steroid dienone is 14. The molecule has 0 fully saturated rings. The number of esters is 3. The quantitative estimate of drug-likeness (QED) is 0.0262. The van der Waals surface area contributed by atoms with Crippen LogP contribution < -0.4 is 0 Å². The first-order valence-electron chi connectivity index (χ1n) is 26.1. The third-order valence-corrected chi connectivity index (χ3v) is 10.8. The van der Waals surface area contributed by atoms with Gasteiger partial charge in [0.2, 0.25) is 0 Å². The van der Waals surface area contributed by atoms with Crippen molar-refractivity contribution in [3.05, 3.63) is 85.1 Å². The lowest BCUT2D eigenvalue weighted by Gasteiger charge is -2.18. The topological polar surface area (TPSA) is 78.9 Å². The lowest BCUT2D eigenvalue weighted by molar-refractivity contribution is -0.167. The summed E-state index contributed by atoms with van der Waals surface area (Å²) in [5.74, 6) is -0.979. The molecular weight excluding hydrogens is 781 g/mol. The van der Waals surface area contributed by atoms with Gasteiger partial charge in [-0.25, -0.2) is 0 Å². The van der Waals surface area contributed by atoms with E-state index in [0.29, 0.717) is 19.3 Å². The molecule has 0 saturated heterocycles. The number of unbranched alkanes of at least 4 members (excludes halogenated alkanes) is 21. The van der Waals surface area contributed by atoms with Gasteiger partial charge in [-0.1, -0.05) is 196 Å². The second kappa shape index (κ2) is 51.2. The van der Waals surface area contributed by atoms with Crippen LogP contribution >= 0.6 is 0 Å². The van der Waals surface area contributed by atoms with E-state index in [0.717, 1.165) is 89.9 Å². The first-order valence-corrected chi connectivity index (χ1v) is 26.1. The Bertz CT molecular complexity index is 1240. The summed E-state index contributed by atoms with van der Waals surface area (Å²) in [6, 6.07) is 0. The predicted molar refractivity (Wildman–Crippen MR) is 270 cm³/mol. The first-order chi connectivity index (χ1) is 31.0. The lowest BCUT2D eigenvalue weighted by Crippen LogP contribution is -2.30. The highest BCUT2D eigenvalue weighted by Crippen LogP contribution is 2.13. The van der Waals surface area contributed by atoms with E-state index in [1.807, 2.05) is 0 Å². The van der Waals surface area contributed by atoms with Gasteiger partial charge in [-0.05, 0) is 109 Å². The maximum Gasteiger partial charge on any atom is 0.306 e. The van der Waals surface area contributed by atoms with E-state index >= 15 is 0 Å². The van der Waals surface area contributed by atoms with Crippen LogP contribution in [0.25, 0.3) is 0 Å². The van der Waals surface area contributed by atoms with Crippen LogP contribution in [-0.2, 0) is 28.6 Å². The Balaban J connectivity index is 4.48. The van der Waals surface area contributed by atoms with Gasteiger partial charge in [0.05, 0.1) is 0 Å². The van der Waals surface area contributed by atoms with Crippen LogP contribution in [0.5, 0.6) is 0 Å². The summed E-state index contributed by atoms with van der Waals surface area (Å²) in [6.07, 6.45) is 65.7. The number of carbonyl (C=O) groups is 3. The van der Waals surface area contributed by atoms with E-state index in [4.69, 9.17) is 14.2 Å². The van der Waals surface area contributed by atoms with Gasteiger partial charge in [0.1, 0.15) is 13.2 Å². The summed E-state index contributed by atoms with van der Waals surface area (Å²) in [7, 11) is 0. The SMILES string of the molecule is CCCC/C=C\CCCCCCCC(=O)OC[C@H](COC(=O)CCC/C=C\C/C=C\C/C=C\C/C=C\CCCCC)OC(=O)CCCCCCCCC/C=C\C/C=C\CCCCC. The van der Waals surface area contributed by atoms with Crippen molar-refractivity contribution in [1.29, 1.82) is 0 Å². The normalized spacial score (nSPS) is 12.7. The molecule has 63 heavy (non-hydrogen) atoms. The van der Waals surface area contributed by atoms with Crippen molar-refractivity contribution in [1.82, 2.24) is 0 Å². The Labute approximate surface area is 388 Å². The summed E-state index contributed by atoms with van der Waals surface area (Å²) in [5.41, 5.74) is 0. The third kappa shape index (κ3) is 49.5. The monoisotopic (exact) mass is 877 g/mol. The summed E-state index contributed by atoms with van der Waals surface area (Å²) in [4.78, 5) is 37.9. The van der Waals surface area contributed by atoms with Gasteiger partial charge in [-0.3, -0.25) is 14.4 Å². The average Bonchev–Trinajstić information content (AvgIpc) is 3.28. The van der Waals surface area contributed by atoms with E-state index in [2.05, 4.69) is 106 Å². The maximum absolute atomic E-state index is 12.8. The number of rotatable bonds is 46. The summed E-state index contributed by atoms with van der Waals surface area (Å²) < 4.78 is 16.7. The standard InChI is InChI=1S/C57H96O6/c1-4-7-10-13-16-19-22-24-26-28-30-32-35-38-41-44-47-50-56(59)62-53-54(52-61-55(58)49-46-43-40-37-34-21-18-15-12-9-6-3)63-57(60)51-48-45-42-39-36-33-31-29-27-25-23-20-17-14-11-8-5-2/h15-20,24-27,30,32,38,41,54H,4-14,21-23,28-29,31,33-37,39-40,42-53H2,1-3H3/b18-15-,19-16-,20-17-,26-24-,27-25-,32-30-,41-38-/t54-/m1/s1. The van der Waals surface area contributed by atoms with E-state index in [1.54, 1.807) is 0 Å². The molecule has 0 spiro atoms. The first kappa shape index (κ1) is 59.6. The molecule has 0 N–H and O–H groups in total. The van der Waals surface area contributed by atoms with Crippen molar-refractivity contribution >= 4 is 17.9 Å². The second-order valence-corrected chi connectivity index (χ2v) is 17.1. The van der Waals surface area contributed by atoms with Crippen LogP contribution in [-0.4, -0.2) is 37.2 Å². The Morgan fingerprint density at radius 2 is 0.603 bits per heavy atom. The minimum atomic E-state index is -0.805. The van der Waals surface area contributed by atoms with Crippen molar-refractivity contribution in [2.24, 2.45) is 0 Å². The Morgan fingerprint density at radius 1 is 0.317 bits per heavy atom. The van der Waals surface area contributed by atoms with Crippen LogP contribution in [0.15, 0.2) is 85.1 Å². The Morgan fingerprint density at radius 3 is 1.02 bits per heavy atom. The molecule has 360 valence electrons. The van der Waals surface area contributed by atoms with Crippen LogP contribution in [0, 0.1) is 0 Å². The van der Waals surface area contributed by atoms with E-state index in [-0.39, 0.29) is 37.5 Å². The highest BCUT2D eigenvalue weighted by Gasteiger charge is 2.19. The number of carbonyl (C=O) groups excluding carboxylic acids is 3. The van der Waals surface area contributed by atoms with Crippen LogP contribution in [0.3, 0.4) is 0 Å². The average molecular weight is 877 g/mol. The van der Waals surface area contributed by atoms with Crippen LogP contribution in [0.1, 0.15) is 239 Å². The number of hydrogen-bond acceptors (Lipinski definition) is 6. The molecule has 0 aliphatic rings. The lowest BCUT2D eigenvalue weighted by atomic mass is 10.1. The minimum Gasteiger partial charge on any atom is -0.462 e. The van der Waals surface area contributed by atoms with Crippen LogP contribution in [0.2, 0.25) is 0 Å². The third-order valence-electron chi connectivity index (χ3n) is 10.8. The molecule has 0 aromatic heterocycles. The number of hydrogen-bond donors (Lipinski definition) is 0. The fourth-order valence-electron chi connectivity index (χ4n) is 6.86. The van der Waals surface area contributed by atoms with Gasteiger partial charge in [0.15, 0.2) is 6.10 Å². The predicted octanol–water partition coefficient (Wildman–Crippen LogP) is 17.2. The second-order valence-electron chi connectivity index (χ2n) is 17.1. The fraction of sp³-hybridized carbons (Fsp3) is 0.702. The van der Waals surface area contributed by atoms with Gasteiger partial charge in [0.25, 0.3) is 0 Å². The van der Waals surface area contributed by atoms with Crippen molar-refractivity contribution in [2.75, 3.05) is 13.2 Å². The van der Waals surface area contributed by atoms with E-state index in [1.165, 1.54) is 103 Å². The zero-order valence-electron chi connectivity index (χ0n) is 41.1. The summed E-state index contributed by atoms with van der Waals surface area (Å²) >= 11 is 0. The highest BCUT2D eigenvalue weighted by molar-refractivity contribution is 5.71. The molecule has 0 bridgehead atoms. The minimum absolute atomic E-state index is 0.102. The van der Waals surface area contributed by atoms with Crippen LogP contribution in [0.4, 0.5) is 0 Å². The van der Waals surface area contributed by atoms with E-state index < -0.39 is 6.10 Å². The molecule has 6 heteroatoms. The summed E-state index contributed by atoms with van der Waals surface area (Å²) in [5, 5.41) is 0. The molecule has 0 aromatic carbocycles. The molecule has 0 aliphatic heterocycles. The molecule has 0 radical (unpaired) electrons. The molecule has 0 aliphatic carbocycles. The van der Waals surface area contributed by atoms with Crippen molar-refractivity contribution in [2.45, 2.75) is 245 Å². The van der Waals surface area contributed by atoms with Gasteiger partial charge in [-0.15, -0.1) is 0 Å². The Hall–Kier alpha value is -3.41.